The minimum atomic E-state index is -0.390. The van der Waals surface area contributed by atoms with E-state index in [1.807, 2.05) is 13.0 Å². The molecule has 0 aliphatic carbocycles. The van der Waals surface area contributed by atoms with Crippen LogP contribution in [0.1, 0.15) is 11.1 Å². The standard InChI is InChI=1S/C25H26ClN7O2/c1-17-3-7-20(8-4-17)30-11-13-31(14-12-30)23-24-29-33(25(35)32(24)10-9-27-23)16-22(34)28-19-6-5-18(2)21(26)15-19/h3-10,15H,11-14,16H2,1-2H3,(H,28,34). The molecule has 1 fully saturated rings. The average molecular weight is 492 g/mol. The number of benzene rings is 2. The molecule has 10 heteroatoms. The van der Waals surface area contributed by atoms with E-state index in [-0.39, 0.29) is 18.1 Å². The molecule has 1 aliphatic heterocycles. The van der Waals surface area contributed by atoms with E-state index in [1.54, 1.807) is 24.5 Å². The molecule has 1 aliphatic rings. The van der Waals surface area contributed by atoms with E-state index in [1.165, 1.54) is 15.7 Å². The second-order valence-corrected chi connectivity index (χ2v) is 9.11. The summed E-state index contributed by atoms with van der Waals surface area (Å²) in [6, 6.07) is 13.8. The van der Waals surface area contributed by atoms with Crippen LogP contribution in [-0.2, 0) is 11.3 Å². The number of hydrogen-bond donors (Lipinski definition) is 1. The van der Waals surface area contributed by atoms with Crippen LogP contribution in [-0.4, -0.2) is 51.3 Å². The molecule has 0 unspecified atom stereocenters. The molecule has 35 heavy (non-hydrogen) atoms. The number of carbonyl (C=O) groups is 1. The van der Waals surface area contributed by atoms with Crippen molar-refractivity contribution in [3.05, 3.63) is 81.5 Å². The van der Waals surface area contributed by atoms with Crippen LogP contribution in [0.15, 0.2) is 59.7 Å². The van der Waals surface area contributed by atoms with Gasteiger partial charge in [0.2, 0.25) is 11.6 Å². The molecule has 0 radical (unpaired) electrons. The molecule has 9 nitrogen and oxygen atoms in total. The number of rotatable bonds is 5. The van der Waals surface area contributed by atoms with Gasteiger partial charge < -0.3 is 15.1 Å². The van der Waals surface area contributed by atoms with Crippen LogP contribution >= 0.6 is 11.6 Å². The SMILES string of the molecule is Cc1ccc(N2CCN(c3nccn4c(=O)n(CC(=O)Nc5ccc(C)c(Cl)c5)nc34)CC2)cc1. The minimum Gasteiger partial charge on any atom is -0.368 e. The van der Waals surface area contributed by atoms with Crippen molar-refractivity contribution in [3.63, 3.8) is 0 Å². The fourth-order valence-corrected chi connectivity index (χ4v) is 4.38. The number of halogens is 1. The Hall–Kier alpha value is -3.85. The van der Waals surface area contributed by atoms with Gasteiger partial charge in [-0.15, -0.1) is 5.10 Å². The fourth-order valence-electron chi connectivity index (χ4n) is 4.20. The number of amides is 1. The van der Waals surface area contributed by atoms with Gasteiger partial charge in [-0.1, -0.05) is 35.4 Å². The van der Waals surface area contributed by atoms with Crippen molar-refractivity contribution in [2.45, 2.75) is 20.4 Å². The number of hydrogen-bond acceptors (Lipinski definition) is 6. The maximum absolute atomic E-state index is 12.9. The predicted octanol–water partition coefficient (Wildman–Crippen LogP) is 3.13. The molecule has 1 saturated heterocycles. The van der Waals surface area contributed by atoms with E-state index in [0.717, 1.165) is 36.4 Å². The first-order chi connectivity index (χ1) is 16.9. The zero-order chi connectivity index (χ0) is 24.5. The number of aromatic nitrogens is 4. The van der Waals surface area contributed by atoms with Crippen molar-refractivity contribution >= 4 is 40.3 Å². The van der Waals surface area contributed by atoms with Gasteiger partial charge in [-0.05, 0) is 43.7 Å². The molecule has 0 bridgehead atoms. The van der Waals surface area contributed by atoms with Gasteiger partial charge in [0, 0.05) is 55.0 Å². The molecule has 0 saturated carbocycles. The van der Waals surface area contributed by atoms with Crippen molar-refractivity contribution in [3.8, 4) is 0 Å². The summed E-state index contributed by atoms with van der Waals surface area (Å²) in [5, 5.41) is 7.78. The number of piperazine rings is 1. The first-order valence-electron chi connectivity index (χ1n) is 11.5. The molecule has 2 aromatic carbocycles. The Morgan fingerprint density at radius 3 is 2.46 bits per heavy atom. The van der Waals surface area contributed by atoms with E-state index >= 15 is 0 Å². The molecular weight excluding hydrogens is 466 g/mol. The minimum absolute atomic E-state index is 0.216. The summed E-state index contributed by atoms with van der Waals surface area (Å²) >= 11 is 6.14. The smallest absolute Gasteiger partial charge is 0.350 e. The Kier molecular flexibility index (Phi) is 6.17. The Morgan fingerprint density at radius 1 is 1.03 bits per heavy atom. The summed E-state index contributed by atoms with van der Waals surface area (Å²) in [5.41, 5.74) is 3.96. The highest BCUT2D eigenvalue weighted by molar-refractivity contribution is 6.31. The number of fused-ring (bicyclic) bond motifs is 1. The normalized spacial score (nSPS) is 13.9. The first kappa shape index (κ1) is 22.9. The third kappa shape index (κ3) is 4.72. The second kappa shape index (κ2) is 9.42. The van der Waals surface area contributed by atoms with Crippen LogP contribution in [0.5, 0.6) is 0 Å². The van der Waals surface area contributed by atoms with Crippen molar-refractivity contribution in [2.24, 2.45) is 0 Å². The molecule has 180 valence electrons. The first-order valence-corrected chi connectivity index (χ1v) is 11.8. The van der Waals surface area contributed by atoms with Crippen molar-refractivity contribution in [1.82, 2.24) is 19.2 Å². The van der Waals surface area contributed by atoms with E-state index in [2.05, 4.69) is 56.4 Å². The summed E-state index contributed by atoms with van der Waals surface area (Å²) in [5.74, 6) is 0.272. The van der Waals surface area contributed by atoms with Gasteiger partial charge in [-0.25, -0.2) is 18.9 Å². The van der Waals surface area contributed by atoms with Crippen LogP contribution < -0.4 is 20.8 Å². The Morgan fingerprint density at radius 2 is 1.74 bits per heavy atom. The van der Waals surface area contributed by atoms with Gasteiger partial charge in [0.25, 0.3) is 0 Å². The molecule has 4 aromatic rings. The third-order valence-corrected chi connectivity index (χ3v) is 6.62. The third-order valence-electron chi connectivity index (χ3n) is 6.21. The Labute approximate surface area is 207 Å². The zero-order valence-electron chi connectivity index (χ0n) is 19.6. The van der Waals surface area contributed by atoms with Gasteiger partial charge in [-0.3, -0.25) is 4.79 Å². The Balaban J connectivity index is 1.32. The van der Waals surface area contributed by atoms with Gasteiger partial charge in [0.15, 0.2) is 5.82 Å². The van der Waals surface area contributed by atoms with Gasteiger partial charge in [0.05, 0.1) is 0 Å². The predicted molar refractivity (Wildman–Crippen MR) is 138 cm³/mol. The van der Waals surface area contributed by atoms with Crippen LogP contribution in [0, 0.1) is 13.8 Å². The highest BCUT2D eigenvalue weighted by atomic mass is 35.5. The van der Waals surface area contributed by atoms with Gasteiger partial charge in [-0.2, -0.15) is 0 Å². The lowest BCUT2D eigenvalue weighted by atomic mass is 10.2. The Bertz CT molecular complexity index is 1440. The van der Waals surface area contributed by atoms with Crippen LogP contribution in [0.2, 0.25) is 5.02 Å². The van der Waals surface area contributed by atoms with Crippen LogP contribution in [0.3, 0.4) is 0 Å². The van der Waals surface area contributed by atoms with Crippen molar-refractivity contribution in [1.29, 1.82) is 0 Å². The van der Waals surface area contributed by atoms with E-state index in [4.69, 9.17) is 11.6 Å². The monoisotopic (exact) mass is 491 g/mol. The summed E-state index contributed by atoms with van der Waals surface area (Å²) < 4.78 is 2.60. The molecule has 5 rings (SSSR count). The van der Waals surface area contributed by atoms with Crippen molar-refractivity contribution < 1.29 is 4.79 Å². The molecule has 1 N–H and O–H groups in total. The lowest BCUT2D eigenvalue weighted by molar-refractivity contribution is -0.117. The average Bonchev–Trinajstić information content (AvgIpc) is 3.17. The van der Waals surface area contributed by atoms with Crippen LogP contribution in [0.25, 0.3) is 5.65 Å². The summed E-state index contributed by atoms with van der Waals surface area (Å²) in [6.07, 6.45) is 3.17. The zero-order valence-corrected chi connectivity index (χ0v) is 20.4. The highest BCUT2D eigenvalue weighted by Crippen LogP contribution is 2.22. The maximum Gasteiger partial charge on any atom is 0.350 e. The second-order valence-electron chi connectivity index (χ2n) is 8.71. The van der Waals surface area contributed by atoms with Gasteiger partial charge in [0.1, 0.15) is 6.54 Å². The van der Waals surface area contributed by atoms with E-state index in [9.17, 15) is 9.59 Å². The molecule has 1 amide bonds. The molecule has 2 aromatic heterocycles. The summed E-state index contributed by atoms with van der Waals surface area (Å²) in [7, 11) is 0. The topological polar surface area (TPSA) is 87.8 Å². The molecular formula is C25H26ClN7O2. The molecule has 0 atom stereocenters. The number of anilines is 3. The maximum atomic E-state index is 12.9. The van der Waals surface area contributed by atoms with E-state index < -0.39 is 0 Å². The fraction of sp³-hybridized carbons (Fsp3) is 0.280. The van der Waals surface area contributed by atoms with Crippen LogP contribution in [0.4, 0.5) is 17.2 Å². The van der Waals surface area contributed by atoms with Gasteiger partial charge >= 0.3 is 5.69 Å². The van der Waals surface area contributed by atoms with Crippen molar-refractivity contribution in [2.75, 3.05) is 41.3 Å². The number of nitrogens with one attached hydrogen (secondary N) is 1. The number of nitrogens with zero attached hydrogens (tertiary/aromatic N) is 6. The number of aryl methyl sites for hydroxylation is 2. The quantitative estimate of drug-likeness (QED) is 0.461. The van der Waals surface area contributed by atoms with E-state index in [0.29, 0.717) is 22.2 Å². The summed E-state index contributed by atoms with van der Waals surface area (Å²) in [4.78, 5) is 34.5. The largest absolute Gasteiger partial charge is 0.368 e. The molecule has 3 heterocycles. The summed E-state index contributed by atoms with van der Waals surface area (Å²) in [6.45, 7) is 6.91. The highest BCUT2D eigenvalue weighted by Gasteiger charge is 2.23. The molecule has 0 spiro atoms. The lowest BCUT2D eigenvalue weighted by Crippen LogP contribution is -2.47. The lowest BCUT2D eigenvalue weighted by Gasteiger charge is -2.36. The number of carbonyl (C=O) groups excluding carboxylic acids is 1.